The number of hydrogen-bond donors (Lipinski definition) is 4. The molecule has 4 saturated carbocycles. The van der Waals surface area contributed by atoms with E-state index in [0.717, 1.165) is 74.6 Å². The second-order valence-corrected chi connectivity index (χ2v) is 13.8. The van der Waals surface area contributed by atoms with Crippen molar-refractivity contribution in [3.63, 3.8) is 0 Å². The van der Waals surface area contributed by atoms with E-state index < -0.39 is 0 Å². The molecular formula is C30H43ClN2O3. The summed E-state index contributed by atoms with van der Waals surface area (Å²) >= 11 is 6.34. The van der Waals surface area contributed by atoms with Crippen molar-refractivity contribution in [2.45, 2.75) is 96.9 Å². The molecule has 0 bridgehead atoms. The van der Waals surface area contributed by atoms with E-state index in [2.05, 4.69) is 25.8 Å². The molecule has 0 amide bonds. The lowest BCUT2D eigenvalue weighted by Gasteiger charge is -2.63. The third-order valence-corrected chi connectivity index (χ3v) is 12.2. The Bertz CT molecular complexity index is 1120. The molecule has 1 aromatic heterocycles. The molecule has 0 spiro atoms. The summed E-state index contributed by atoms with van der Waals surface area (Å²) in [6, 6.07) is 5.83. The van der Waals surface area contributed by atoms with E-state index in [9.17, 15) is 15.3 Å². The van der Waals surface area contributed by atoms with Gasteiger partial charge in [-0.2, -0.15) is 0 Å². The molecule has 6 rings (SSSR count). The van der Waals surface area contributed by atoms with Crippen LogP contribution in [0.1, 0.15) is 78.0 Å². The third kappa shape index (κ3) is 3.71. The van der Waals surface area contributed by atoms with Crippen molar-refractivity contribution in [2.24, 2.45) is 46.3 Å². The first-order valence-corrected chi connectivity index (χ1v) is 14.7. The first-order chi connectivity index (χ1) is 17.1. The molecule has 2 aromatic rings. The number of aromatic amines is 1. The number of rotatable bonds is 4. The normalized spacial score (nSPS) is 45.2. The van der Waals surface area contributed by atoms with Gasteiger partial charge in [0.1, 0.15) is 5.82 Å². The summed E-state index contributed by atoms with van der Waals surface area (Å²) in [7, 11) is 0. The number of aromatic nitrogens is 2. The number of aryl methyl sites for hydroxylation is 1. The van der Waals surface area contributed by atoms with Crippen LogP contribution in [0.25, 0.3) is 11.0 Å². The molecule has 0 aliphatic heterocycles. The molecule has 0 radical (unpaired) electrons. The molecule has 4 fully saturated rings. The van der Waals surface area contributed by atoms with Crippen LogP contribution >= 0.6 is 11.6 Å². The molecule has 11 atom stereocenters. The number of H-pyrrole nitrogens is 1. The average molecular weight is 515 g/mol. The van der Waals surface area contributed by atoms with Crippen molar-refractivity contribution < 1.29 is 15.3 Å². The zero-order valence-electron chi connectivity index (χ0n) is 22.0. The third-order valence-electron chi connectivity index (χ3n) is 11.9. The highest BCUT2D eigenvalue weighted by molar-refractivity contribution is 6.34. The lowest BCUT2D eigenvalue weighted by Crippen LogP contribution is -2.62. The Balaban J connectivity index is 1.21. The zero-order chi connectivity index (χ0) is 25.4. The maximum absolute atomic E-state index is 11.8. The van der Waals surface area contributed by atoms with Gasteiger partial charge in [-0.3, -0.25) is 0 Å². The standard InChI is InChI=1S/C30H43ClN2O3/c1-16(7-10-26-32-23-6-4-5-22(31)28(23)33-26)19-8-9-20-27-21(15-25(36)30(19,20)3)29(2)12-11-18(34)13-17(29)14-24(27)35/h4-6,16-21,24-25,27,34-36H,7-15H2,1-3H3,(H,32,33)/t16?,17-,18+,19+,20-,21-,24+,25-,27-,29-,30+/m0/s1. The highest BCUT2D eigenvalue weighted by Gasteiger charge is 2.65. The summed E-state index contributed by atoms with van der Waals surface area (Å²) < 4.78 is 0. The first-order valence-electron chi connectivity index (χ1n) is 14.3. The van der Waals surface area contributed by atoms with Crippen LogP contribution in [0.2, 0.25) is 5.02 Å². The van der Waals surface area contributed by atoms with Crippen molar-refractivity contribution in [2.75, 3.05) is 0 Å². The van der Waals surface area contributed by atoms with Crippen molar-refractivity contribution >= 4 is 22.6 Å². The fourth-order valence-electron chi connectivity index (χ4n) is 9.86. The van der Waals surface area contributed by atoms with Gasteiger partial charge in [-0.1, -0.05) is 38.4 Å². The van der Waals surface area contributed by atoms with Gasteiger partial charge in [-0.05, 0) is 110 Å². The van der Waals surface area contributed by atoms with Crippen LogP contribution in [0, 0.1) is 46.3 Å². The van der Waals surface area contributed by atoms with Crippen LogP contribution in [0.4, 0.5) is 0 Å². The van der Waals surface area contributed by atoms with E-state index in [1.165, 1.54) is 0 Å². The van der Waals surface area contributed by atoms with Crippen LogP contribution in [-0.4, -0.2) is 43.6 Å². The van der Waals surface area contributed by atoms with Gasteiger partial charge >= 0.3 is 0 Å². The number of aliphatic hydroxyl groups excluding tert-OH is 3. The SMILES string of the molecule is CC(CCc1nc2cccc(Cl)c2[nH]1)[C@H]1CC[C@H]2[C@@H]3[C@H](O)C[C@@H]4C[C@H](O)CC[C@]4(C)[C@H]3C[C@H](O)[C@]12C. The predicted molar refractivity (Wildman–Crippen MR) is 143 cm³/mol. The van der Waals surface area contributed by atoms with Gasteiger partial charge in [0.15, 0.2) is 0 Å². The van der Waals surface area contributed by atoms with Crippen LogP contribution in [0.5, 0.6) is 0 Å². The van der Waals surface area contributed by atoms with E-state index in [1.807, 2.05) is 18.2 Å². The van der Waals surface area contributed by atoms with Gasteiger partial charge in [-0.25, -0.2) is 4.98 Å². The summed E-state index contributed by atoms with van der Waals surface area (Å²) in [6.45, 7) is 7.08. The second kappa shape index (κ2) is 8.97. The van der Waals surface area contributed by atoms with Crippen molar-refractivity contribution in [1.29, 1.82) is 0 Å². The number of nitrogens with one attached hydrogen (secondary N) is 1. The van der Waals surface area contributed by atoms with Gasteiger partial charge in [0.2, 0.25) is 0 Å². The van der Waals surface area contributed by atoms with Crippen molar-refractivity contribution in [3.8, 4) is 0 Å². The molecule has 1 unspecified atom stereocenters. The summed E-state index contributed by atoms with van der Waals surface area (Å²) in [5.41, 5.74) is 1.80. The van der Waals surface area contributed by atoms with Crippen molar-refractivity contribution in [1.82, 2.24) is 9.97 Å². The Hall–Kier alpha value is -1.14. The predicted octanol–water partition coefficient (Wildman–Crippen LogP) is 5.75. The van der Waals surface area contributed by atoms with E-state index in [4.69, 9.17) is 16.6 Å². The van der Waals surface area contributed by atoms with E-state index in [0.29, 0.717) is 34.6 Å². The summed E-state index contributed by atoms with van der Waals surface area (Å²) in [5.74, 6) is 3.23. The molecular weight excluding hydrogens is 472 g/mol. The van der Waals surface area contributed by atoms with Crippen LogP contribution < -0.4 is 0 Å². The van der Waals surface area contributed by atoms with Crippen LogP contribution in [-0.2, 0) is 6.42 Å². The van der Waals surface area contributed by atoms with Gasteiger partial charge in [-0.15, -0.1) is 0 Å². The molecule has 6 heteroatoms. The topological polar surface area (TPSA) is 89.4 Å². The fraction of sp³-hybridized carbons (Fsp3) is 0.767. The quantitative estimate of drug-likeness (QED) is 0.418. The van der Waals surface area contributed by atoms with Crippen LogP contribution in [0.15, 0.2) is 18.2 Å². The van der Waals surface area contributed by atoms with Crippen molar-refractivity contribution in [3.05, 3.63) is 29.0 Å². The highest BCUT2D eigenvalue weighted by atomic mass is 35.5. The van der Waals surface area contributed by atoms with Crippen LogP contribution in [0.3, 0.4) is 0 Å². The Labute approximate surface area is 220 Å². The summed E-state index contributed by atoms with van der Waals surface area (Å²) in [4.78, 5) is 8.18. The monoisotopic (exact) mass is 514 g/mol. The molecule has 4 aliphatic rings. The lowest BCUT2D eigenvalue weighted by molar-refractivity contribution is -0.207. The minimum Gasteiger partial charge on any atom is -0.393 e. The number of benzene rings is 1. The molecule has 198 valence electrons. The van der Waals surface area contributed by atoms with Gasteiger partial charge in [0.25, 0.3) is 0 Å². The van der Waals surface area contributed by atoms with E-state index in [1.54, 1.807) is 0 Å². The summed E-state index contributed by atoms with van der Waals surface area (Å²) in [6.07, 6.45) is 7.53. The number of nitrogens with zero attached hydrogens (tertiary/aromatic N) is 1. The number of fused-ring (bicyclic) bond motifs is 6. The molecule has 36 heavy (non-hydrogen) atoms. The Kier molecular flexibility index (Phi) is 6.26. The Morgan fingerprint density at radius 1 is 1.08 bits per heavy atom. The number of para-hydroxylation sites is 1. The molecule has 5 nitrogen and oxygen atoms in total. The number of hydrogen-bond acceptors (Lipinski definition) is 4. The minimum absolute atomic E-state index is 0.123. The summed E-state index contributed by atoms with van der Waals surface area (Å²) in [5, 5.41) is 34.3. The molecule has 4 N–H and O–H groups in total. The van der Waals surface area contributed by atoms with Gasteiger partial charge in [0, 0.05) is 6.42 Å². The number of aliphatic hydroxyl groups is 3. The lowest BCUT2D eigenvalue weighted by atomic mass is 9.43. The van der Waals surface area contributed by atoms with Gasteiger partial charge in [0.05, 0.1) is 34.4 Å². The molecule has 0 saturated heterocycles. The first kappa shape index (κ1) is 25.2. The average Bonchev–Trinajstić information content (AvgIpc) is 3.42. The molecule has 4 aliphatic carbocycles. The molecule has 1 heterocycles. The number of halogens is 1. The number of imidazole rings is 1. The Morgan fingerprint density at radius 3 is 2.67 bits per heavy atom. The Morgan fingerprint density at radius 2 is 1.89 bits per heavy atom. The largest absolute Gasteiger partial charge is 0.393 e. The van der Waals surface area contributed by atoms with Gasteiger partial charge < -0.3 is 20.3 Å². The highest BCUT2D eigenvalue weighted by Crippen LogP contribution is 2.68. The van der Waals surface area contributed by atoms with E-state index >= 15 is 0 Å². The fourth-order valence-corrected chi connectivity index (χ4v) is 10.1. The van der Waals surface area contributed by atoms with E-state index in [-0.39, 0.29) is 35.1 Å². The zero-order valence-corrected chi connectivity index (χ0v) is 22.7. The maximum Gasteiger partial charge on any atom is 0.107 e. The molecule has 1 aromatic carbocycles. The maximum atomic E-state index is 11.8. The smallest absolute Gasteiger partial charge is 0.107 e. The minimum atomic E-state index is -0.335. The second-order valence-electron chi connectivity index (χ2n) is 13.4.